The van der Waals surface area contributed by atoms with E-state index in [2.05, 4.69) is 15.3 Å². The number of nitrogens with zero attached hydrogens (tertiary/aromatic N) is 2. The van der Waals surface area contributed by atoms with Crippen molar-refractivity contribution in [3.05, 3.63) is 23.8 Å². The number of hydrogen-bond acceptors (Lipinski definition) is 4. The zero-order valence-corrected chi connectivity index (χ0v) is 8.11. The zero-order chi connectivity index (χ0) is 9.80. The Morgan fingerprint density at radius 1 is 1.29 bits per heavy atom. The van der Waals surface area contributed by atoms with Gasteiger partial charge >= 0.3 is 0 Å². The van der Waals surface area contributed by atoms with Crippen LogP contribution in [0.25, 0.3) is 0 Å². The minimum absolute atomic E-state index is 0.0203. The monoisotopic (exact) mass is 193 g/mol. The third-order valence-electron chi connectivity index (χ3n) is 2.61. The molecule has 0 radical (unpaired) electrons. The lowest BCUT2D eigenvalue weighted by Gasteiger charge is -2.21. The minimum Gasteiger partial charge on any atom is -0.392 e. The number of hydrogen-bond donors (Lipinski definition) is 2. The van der Waals surface area contributed by atoms with Crippen LogP contribution in [0.4, 0.5) is 0 Å². The molecule has 2 heterocycles. The number of aliphatic hydroxyl groups excluding tert-OH is 1. The smallest absolute Gasteiger partial charge is 0.131 e. The van der Waals surface area contributed by atoms with Gasteiger partial charge in [-0.25, -0.2) is 9.97 Å². The number of aliphatic hydroxyl groups is 1. The van der Waals surface area contributed by atoms with Crippen LogP contribution in [0.5, 0.6) is 0 Å². The minimum atomic E-state index is 0.0203. The molecule has 4 nitrogen and oxygen atoms in total. The topological polar surface area (TPSA) is 58.0 Å². The van der Waals surface area contributed by atoms with E-state index < -0.39 is 0 Å². The van der Waals surface area contributed by atoms with Gasteiger partial charge in [-0.05, 0) is 25.9 Å². The van der Waals surface area contributed by atoms with E-state index in [4.69, 9.17) is 5.11 Å². The van der Waals surface area contributed by atoms with Gasteiger partial charge in [0, 0.05) is 23.9 Å². The molecule has 1 aliphatic heterocycles. The fraction of sp³-hybridized carbons (Fsp3) is 0.600. The summed E-state index contributed by atoms with van der Waals surface area (Å²) in [4.78, 5) is 8.55. The lowest BCUT2D eigenvalue weighted by Crippen LogP contribution is -2.27. The molecular formula is C10H15N3O. The van der Waals surface area contributed by atoms with Crippen molar-refractivity contribution in [1.29, 1.82) is 0 Å². The van der Waals surface area contributed by atoms with Gasteiger partial charge in [0.25, 0.3) is 0 Å². The van der Waals surface area contributed by atoms with Gasteiger partial charge in [-0.15, -0.1) is 0 Å². The van der Waals surface area contributed by atoms with Crippen molar-refractivity contribution in [1.82, 2.24) is 15.3 Å². The first-order valence-electron chi connectivity index (χ1n) is 5.02. The maximum atomic E-state index is 8.85. The van der Waals surface area contributed by atoms with E-state index in [0.29, 0.717) is 5.92 Å². The highest BCUT2D eigenvalue weighted by Crippen LogP contribution is 2.21. The van der Waals surface area contributed by atoms with E-state index in [1.54, 1.807) is 12.4 Å². The SMILES string of the molecule is OCc1cnc(C2CCNCC2)nc1. The molecule has 76 valence electrons. The van der Waals surface area contributed by atoms with Gasteiger partial charge in [-0.2, -0.15) is 0 Å². The van der Waals surface area contributed by atoms with Crippen LogP contribution in [0, 0.1) is 0 Å². The summed E-state index contributed by atoms with van der Waals surface area (Å²) in [6, 6.07) is 0. The fourth-order valence-electron chi connectivity index (χ4n) is 1.74. The molecule has 0 bridgehead atoms. The molecule has 0 spiro atoms. The van der Waals surface area contributed by atoms with Crippen molar-refractivity contribution < 1.29 is 5.11 Å². The molecular weight excluding hydrogens is 178 g/mol. The average molecular weight is 193 g/mol. The van der Waals surface area contributed by atoms with Crippen molar-refractivity contribution in [2.24, 2.45) is 0 Å². The van der Waals surface area contributed by atoms with Gasteiger partial charge in [-0.3, -0.25) is 0 Å². The summed E-state index contributed by atoms with van der Waals surface area (Å²) in [6.45, 7) is 2.12. The van der Waals surface area contributed by atoms with E-state index in [0.717, 1.165) is 37.3 Å². The highest BCUT2D eigenvalue weighted by molar-refractivity contribution is 5.06. The predicted molar refractivity (Wildman–Crippen MR) is 52.8 cm³/mol. The summed E-state index contributed by atoms with van der Waals surface area (Å²) in [5.74, 6) is 1.41. The maximum absolute atomic E-state index is 8.85. The first kappa shape index (κ1) is 9.55. The Morgan fingerprint density at radius 2 is 1.93 bits per heavy atom. The summed E-state index contributed by atoms with van der Waals surface area (Å²) in [5.41, 5.74) is 0.780. The van der Waals surface area contributed by atoms with Crippen LogP contribution in [0.2, 0.25) is 0 Å². The molecule has 1 fully saturated rings. The predicted octanol–water partition coefficient (Wildman–Crippen LogP) is 0.436. The summed E-state index contributed by atoms with van der Waals surface area (Å²) >= 11 is 0. The molecule has 1 aromatic rings. The standard InChI is InChI=1S/C10H15N3O/c14-7-8-5-12-10(13-6-8)9-1-3-11-4-2-9/h5-6,9,11,14H,1-4,7H2. The second-order valence-corrected chi connectivity index (χ2v) is 3.63. The maximum Gasteiger partial charge on any atom is 0.131 e. The van der Waals surface area contributed by atoms with E-state index >= 15 is 0 Å². The Bertz CT molecular complexity index is 280. The van der Waals surface area contributed by atoms with Crippen LogP contribution in [-0.4, -0.2) is 28.2 Å². The number of rotatable bonds is 2. The quantitative estimate of drug-likeness (QED) is 0.715. The highest BCUT2D eigenvalue weighted by Gasteiger charge is 2.17. The highest BCUT2D eigenvalue weighted by atomic mass is 16.3. The van der Waals surface area contributed by atoms with Crippen LogP contribution >= 0.6 is 0 Å². The second kappa shape index (κ2) is 4.48. The van der Waals surface area contributed by atoms with Crippen molar-refractivity contribution in [2.75, 3.05) is 13.1 Å². The van der Waals surface area contributed by atoms with Gasteiger partial charge in [0.2, 0.25) is 0 Å². The molecule has 1 aliphatic rings. The van der Waals surface area contributed by atoms with Crippen LogP contribution in [0.1, 0.15) is 30.1 Å². The summed E-state index contributed by atoms with van der Waals surface area (Å²) < 4.78 is 0. The van der Waals surface area contributed by atoms with Crippen LogP contribution in [0.15, 0.2) is 12.4 Å². The molecule has 1 saturated heterocycles. The largest absolute Gasteiger partial charge is 0.392 e. The van der Waals surface area contributed by atoms with Gasteiger partial charge in [0.15, 0.2) is 0 Å². The van der Waals surface area contributed by atoms with E-state index in [1.165, 1.54) is 0 Å². The number of aromatic nitrogens is 2. The Morgan fingerprint density at radius 3 is 2.50 bits per heavy atom. The first-order valence-corrected chi connectivity index (χ1v) is 5.02. The molecule has 2 rings (SSSR count). The lowest BCUT2D eigenvalue weighted by molar-refractivity contribution is 0.280. The molecule has 0 aromatic carbocycles. The summed E-state index contributed by atoms with van der Waals surface area (Å²) in [6.07, 6.45) is 5.64. The molecule has 0 atom stereocenters. The second-order valence-electron chi connectivity index (χ2n) is 3.63. The third-order valence-corrected chi connectivity index (χ3v) is 2.61. The van der Waals surface area contributed by atoms with Crippen molar-refractivity contribution in [3.63, 3.8) is 0 Å². The van der Waals surface area contributed by atoms with Gasteiger partial charge < -0.3 is 10.4 Å². The number of piperidine rings is 1. The number of nitrogens with one attached hydrogen (secondary N) is 1. The van der Waals surface area contributed by atoms with Crippen LogP contribution < -0.4 is 5.32 Å². The average Bonchev–Trinajstić information content (AvgIpc) is 2.30. The van der Waals surface area contributed by atoms with E-state index in [1.807, 2.05) is 0 Å². The Hall–Kier alpha value is -1.00. The molecule has 0 aliphatic carbocycles. The zero-order valence-electron chi connectivity index (χ0n) is 8.11. The molecule has 0 amide bonds. The molecule has 0 unspecified atom stereocenters. The van der Waals surface area contributed by atoms with Crippen LogP contribution in [0.3, 0.4) is 0 Å². The van der Waals surface area contributed by atoms with Crippen molar-refractivity contribution in [3.8, 4) is 0 Å². The lowest BCUT2D eigenvalue weighted by atomic mass is 9.97. The van der Waals surface area contributed by atoms with Gasteiger partial charge in [0.1, 0.15) is 5.82 Å². The molecule has 1 aromatic heterocycles. The molecule has 4 heteroatoms. The van der Waals surface area contributed by atoms with Crippen LogP contribution in [-0.2, 0) is 6.61 Å². The Kier molecular flexibility index (Phi) is 3.06. The molecule has 2 N–H and O–H groups in total. The fourth-order valence-corrected chi connectivity index (χ4v) is 1.74. The Balaban J connectivity index is 2.07. The first-order chi connectivity index (χ1) is 6.90. The Labute approximate surface area is 83.4 Å². The van der Waals surface area contributed by atoms with Gasteiger partial charge in [0.05, 0.1) is 6.61 Å². The molecule has 0 saturated carbocycles. The van der Waals surface area contributed by atoms with E-state index in [-0.39, 0.29) is 6.61 Å². The van der Waals surface area contributed by atoms with Crippen molar-refractivity contribution in [2.45, 2.75) is 25.4 Å². The third kappa shape index (κ3) is 2.08. The van der Waals surface area contributed by atoms with Crippen molar-refractivity contribution >= 4 is 0 Å². The van der Waals surface area contributed by atoms with Gasteiger partial charge in [-0.1, -0.05) is 0 Å². The summed E-state index contributed by atoms with van der Waals surface area (Å²) in [7, 11) is 0. The van der Waals surface area contributed by atoms with E-state index in [9.17, 15) is 0 Å². The normalized spacial score (nSPS) is 18.4. The molecule has 14 heavy (non-hydrogen) atoms. The summed E-state index contributed by atoms with van der Waals surface area (Å²) in [5, 5.41) is 12.2.